The van der Waals surface area contributed by atoms with E-state index < -0.39 is 0 Å². The molecule has 1 aromatic carbocycles. The van der Waals surface area contributed by atoms with Gasteiger partial charge in [-0.15, -0.1) is 0 Å². The van der Waals surface area contributed by atoms with Crippen LogP contribution in [0.1, 0.15) is 17.3 Å². The maximum Gasteiger partial charge on any atom is 0.167 e. The largest absolute Gasteiger partial charge is 0.505 e. The molecular weight excluding hydrogens is 220 g/mol. The molecule has 0 saturated heterocycles. The van der Waals surface area contributed by atoms with Gasteiger partial charge in [0.1, 0.15) is 22.1 Å². The Hall–Kier alpha value is -1.42. The van der Waals surface area contributed by atoms with Crippen LogP contribution in [0.5, 0.6) is 17.2 Å². The molecule has 0 aliphatic rings. The van der Waals surface area contributed by atoms with Gasteiger partial charge in [-0.05, 0) is 6.92 Å². The van der Waals surface area contributed by atoms with Crippen LogP contribution >= 0.6 is 11.6 Å². The third-order valence-corrected chi connectivity index (χ3v) is 2.33. The van der Waals surface area contributed by atoms with E-state index in [-0.39, 0.29) is 33.6 Å². The Bertz CT molecular complexity index is 401. The number of aromatic hydroxyl groups is 1. The molecule has 1 aromatic rings. The summed E-state index contributed by atoms with van der Waals surface area (Å²) in [6, 6.07) is 1.46. The third-order valence-electron chi connectivity index (χ3n) is 1.96. The van der Waals surface area contributed by atoms with Crippen molar-refractivity contribution in [3.05, 3.63) is 16.7 Å². The number of hydrogen-bond donors (Lipinski definition) is 1. The number of carbonyl (C=O) groups is 1. The minimum Gasteiger partial charge on any atom is -0.505 e. The first-order valence-electron chi connectivity index (χ1n) is 4.17. The van der Waals surface area contributed by atoms with Crippen molar-refractivity contribution < 1.29 is 19.4 Å². The third kappa shape index (κ3) is 1.99. The highest BCUT2D eigenvalue weighted by molar-refractivity contribution is 6.34. The molecule has 0 spiro atoms. The SMILES string of the molecule is COc1cc(OC)c(C(C)=O)c(O)c1Cl. The summed E-state index contributed by atoms with van der Waals surface area (Å²) in [7, 11) is 2.81. The summed E-state index contributed by atoms with van der Waals surface area (Å²) in [6.45, 7) is 1.32. The molecule has 82 valence electrons. The number of Topliss-reactive ketones (excluding diaryl/α,β-unsaturated/α-hetero) is 1. The normalized spacial score (nSPS) is 9.87. The van der Waals surface area contributed by atoms with Gasteiger partial charge in [0, 0.05) is 6.07 Å². The highest BCUT2D eigenvalue weighted by Crippen LogP contribution is 2.41. The van der Waals surface area contributed by atoms with Crippen molar-refractivity contribution in [2.45, 2.75) is 6.92 Å². The van der Waals surface area contributed by atoms with Gasteiger partial charge in [0.25, 0.3) is 0 Å². The zero-order chi connectivity index (χ0) is 11.6. The zero-order valence-electron chi connectivity index (χ0n) is 8.63. The lowest BCUT2D eigenvalue weighted by molar-refractivity contribution is 0.101. The molecule has 0 saturated carbocycles. The van der Waals surface area contributed by atoms with Gasteiger partial charge in [0.15, 0.2) is 11.5 Å². The average Bonchev–Trinajstić information content (AvgIpc) is 2.20. The maximum absolute atomic E-state index is 11.3. The molecule has 0 aliphatic carbocycles. The molecule has 0 aliphatic heterocycles. The van der Waals surface area contributed by atoms with E-state index in [1.165, 1.54) is 27.2 Å². The van der Waals surface area contributed by atoms with Gasteiger partial charge in [0.2, 0.25) is 0 Å². The summed E-state index contributed by atoms with van der Waals surface area (Å²) in [5.41, 5.74) is 0.0586. The van der Waals surface area contributed by atoms with Crippen molar-refractivity contribution in [3.8, 4) is 17.2 Å². The van der Waals surface area contributed by atoms with Gasteiger partial charge >= 0.3 is 0 Å². The molecule has 0 bridgehead atoms. The monoisotopic (exact) mass is 230 g/mol. The average molecular weight is 231 g/mol. The number of phenols is 1. The van der Waals surface area contributed by atoms with Crippen LogP contribution in [0.2, 0.25) is 5.02 Å². The number of benzene rings is 1. The van der Waals surface area contributed by atoms with Gasteiger partial charge in [0.05, 0.1) is 14.2 Å². The molecule has 0 aromatic heterocycles. The van der Waals surface area contributed by atoms with Gasteiger partial charge in [-0.2, -0.15) is 0 Å². The van der Waals surface area contributed by atoms with E-state index in [1.807, 2.05) is 0 Å². The number of phenolic OH excluding ortho intramolecular Hbond substituents is 1. The quantitative estimate of drug-likeness (QED) is 0.810. The fraction of sp³-hybridized carbons (Fsp3) is 0.300. The predicted molar refractivity (Wildman–Crippen MR) is 56.2 cm³/mol. The summed E-state index contributed by atoms with van der Waals surface area (Å²) < 4.78 is 9.89. The van der Waals surface area contributed by atoms with Crippen LogP contribution in [-0.4, -0.2) is 25.1 Å². The Kier molecular flexibility index (Phi) is 3.42. The molecule has 0 unspecified atom stereocenters. The van der Waals surface area contributed by atoms with Crippen molar-refractivity contribution >= 4 is 17.4 Å². The van der Waals surface area contributed by atoms with Crippen LogP contribution in [0.3, 0.4) is 0 Å². The van der Waals surface area contributed by atoms with E-state index >= 15 is 0 Å². The van der Waals surface area contributed by atoms with E-state index in [9.17, 15) is 9.90 Å². The molecule has 0 heterocycles. The second-order valence-electron chi connectivity index (χ2n) is 2.87. The summed E-state index contributed by atoms with van der Waals surface area (Å²) in [5, 5.41) is 9.68. The lowest BCUT2D eigenvalue weighted by Crippen LogP contribution is -2.00. The molecule has 1 rings (SSSR count). The molecule has 0 atom stereocenters. The summed E-state index contributed by atoms with van der Waals surface area (Å²) in [4.78, 5) is 11.3. The molecule has 5 heteroatoms. The van der Waals surface area contributed by atoms with Crippen LogP contribution in [0.25, 0.3) is 0 Å². The molecule has 1 N–H and O–H groups in total. The molecule has 4 nitrogen and oxygen atoms in total. The van der Waals surface area contributed by atoms with Crippen LogP contribution in [0.15, 0.2) is 6.07 Å². The number of rotatable bonds is 3. The second-order valence-corrected chi connectivity index (χ2v) is 3.25. The van der Waals surface area contributed by atoms with E-state index in [0.717, 1.165) is 0 Å². The van der Waals surface area contributed by atoms with E-state index in [0.29, 0.717) is 0 Å². The number of ketones is 1. The highest BCUT2D eigenvalue weighted by atomic mass is 35.5. The van der Waals surface area contributed by atoms with E-state index in [1.54, 1.807) is 0 Å². The van der Waals surface area contributed by atoms with Crippen LogP contribution < -0.4 is 9.47 Å². The van der Waals surface area contributed by atoms with Crippen molar-refractivity contribution in [2.24, 2.45) is 0 Å². The smallest absolute Gasteiger partial charge is 0.167 e. The number of hydrogen-bond acceptors (Lipinski definition) is 4. The lowest BCUT2D eigenvalue weighted by atomic mass is 10.1. The van der Waals surface area contributed by atoms with Crippen molar-refractivity contribution in [2.75, 3.05) is 14.2 Å². The Morgan fingerprint density at radius 2 is 1.87 bits per heavy atom. The standard InChI is InChI=1S/C10H11ClO4/c1-5(12)8-6(14-2)4-7(15-3)9(11)10(8)13/h4,13H,1-3H3. The number of carbonyl (C=O) groups excluding carboxylic acids is 1. The second kappa shape index (κ2) is 4.40. The Labute approximate surface area is 92.4 Å². The number of halogens is 1. The van der Waals surface area contributed by atoms with E-state index in [2.05, 4.69) is 0 Å². The molecule has 0 fully saturated rings. The van der Waals surface area contributed by atoms with E-state index in [4.69, 9.17) is 21.1 Å². The lowest BCUT2D eigenvalue weighted by Gasteiger charge is -2.12. The number of ether oxygens (including phenoxy) is 2. The fourth-order valence-electron chi connectivity index (χ4n) is 1.25. The van der Waals surface area contributed by atoms with Crippen LogP contribution in [0.4, 0.5) is 0 Å². The van der Waals surface area contributed by atoms with Crippen molar-refractivity contribution in [3.63, 3.8) is 0 Å². The number of methoxy groups -OCH3 is 2. The van der Waals surface area contributed by atoms with Crippen molar-refractivity contribution in [1.29, 1.82) is 0 Å². The highest BCUT2D eigenvalue weighted by Gasteiger charge is 2.20. The van der Waals surface area contributed by atoms with Gasteiger partial charge in [-0.1, -0.05) is 11.6 Å². The maximum atomic E-state index is 11.3. The Morgan fingerprint density at radius 1 is 1.33 bits per heavy atom. The minimum absolute atomic E-state index is 0.00324. The molecular formula is C10H11ClO4. The molecule has 0 amide bonds. The van der Waals surface area contributed by atoms with Gasteiger partial charge < -0.3 is 14.6 Å². The van der Waals surface area contributed by atoms with Gasteiger partial charge in [-0.25, -0.2) is 0 Å². The predicted octanol–water partition coefficient (Wildman–Crippen LogP) is 2.27. The molecule has 15 heavy (non-hydrogen) atoms. The first kappa shape index (κ1) is 11.7. The first-order chi connectivity index (χ1) is 7.02. The summed E-state index contributed by atoms with van der Waals surface area (Å²) in [6.07, 6.45) is 0. The molecule has 0 radical (unpaired) electrons. The van der Waals surface area contributed by atoms with Crippen molar-refractivity contribution in [1.82, 2.24) is 0 Å². The fourth-order valence-corrected chi connectivity index (χ4v) is 1.47. The van der Waals surface area contributed by atoms with Crippen LogP contribution in [-0.2, 0) is 0 Å². The minimum atomic E-state index is -0.325. The van der Waals surface area contributed by atoms with Gasteiger partial charge in [-0.3, -0.25) is 4.79 Å². The summed E-state index contributed by atoms with van der Waals surface area (Å²) in [5.74, 6) is -0.147. The topological polar surface area (TPSA) is 55.8 Å². The Morgan fingerprint density at radius 3 is 2.27 bits per heavy atom. The first-order valence-corrected chi connectivity index (χ1v) is 4.55. The van der Waals surface area contributed by atoms with Crippen LogP contribution in [0, 0.1) is 0 Å². The Balaban J connectivity index is 3.51. The zero-order valence-corrected chi connectivity index (χ0v) is 9.38. The summed E-state index contributed by atoms with van der Waals surface area (Å²) >= 11 is 5.79.